The summed E-state index contributed by atoms with van der Waals surface area (Å²) in [6, 6.07) is 1.95. The second-order valence-electron chi connectivity index (χ2n) is 5.97. The minimum Gasteiger partial charge on any atom is -0.383 e. The molecule has 6 heteroatoms. The molecule has 1 aliphatic rings. The molecule has 2 aromatic rings. The molecule has 3 heterocycles. The van der Waals surface area contributed by atoms with Crippen LogP contribution in [0.4, 0.5) is 5.82 Å². The van der Waals surface area contributed by atoms with Crippen molar-refractivity contribution >= 4 is 28.6 Å². The molecule has 5 nitrogen and oxygen atoms in total. The van der Waals surface area contributed by atoms with Crippen molar-refractivity contribution in [2.24, 2.45) is 0 Å². The topological polar surface area (TPSA) is 83.1 Å². The molecule has 120 valence electrons. The summed E-state index contributed by atoms with van der Waals surface area (Å²) in [5.41, 5.74) is 10.1. The smallest absolute Gasteiger partial charge is 0.160 e. The molecule has 0 amide bonds. The molecule has 0 unspecified atom stereocenters. The number of thiophene rings is 1. The second-order valence-corrected chi connectivity index (χ2v) is 6.93. The van der Waals surface area contributed by atoms with Gasteiger partial charge in [0.1, 0.15) is 5.82 Å². The third-order valence-electron chi connectivity index (χ3n) is 4.19. The number of pyridine rings is 1. The Labute approximate surface area is 139 Å². The van der Waals surface area contributed by atoms with E-state index in [1.54, 1.807) is 31.4 Å². The van der Waals surface area contributed by atoms with E-state index in [9.17, 15) is 4.79 Å². The van der Waals surface area contributed by atoms with Gasteiger partial charge >= 0.3 is 0 Å². The van der Waals surface area contributed by atoms with Gasteiger partial charge in [-0.1, -0.05) is 0 Å². The van der Waals surface area contributed by atoms with Gasteiger partial charge in [0, 0.05) is 52.9 Å². The summed E-state index contributed by atoms with van der Waals surface area (Å²) < 4.78 is 0. The molecule has 0 saturated carbocycles. The quantitative estimate of drug-likeness (QED) is 0.668. The fourth-order valence-corrected chi connectivity index (χ4v) is 4.16. The molecule has 0 aromatic carbocycles. The van der Waals surface area contributed by atoms with Gasteiger partial charge in [0.15, 0.2) is 5.78 Å². The van der Waals surface area contributed by atoms with Crippen LogP contribution in [0.5, 0.6) is 0 Å². The minimum atomic E-state index is 0.157. The number of carbonyl (C=O) groups is 1. The van der Waals surface area contributed by atoms with E-state index >= 15 is 0 Å². The van der Waals surface area contributed by atoms with Gasteiger partial charge in [-0.05, 0) is 37.5 Å². The monoisotopic (exact) mass is 328 g/mol. The average Bonchev–Trinajstić information content (AvgIpc) is 2.92. The number of hydrogen-bond donors (Lipinski definition) is 2. The van der Waals surface area contributed by atoms with Crippen molar-refractivity contribution < 1.29 is 4.79 Å². The Hall–Kier alpha value is -2.05. The van der Waals surface area contributed by atoms with Crippen LogP contribution in [0.25, 0.3) is 0 Å². The normalized spacial score (nSPS) is 14.5. The molecule has 0 spiro atoms. The van der Waals surface area contributed by atoms with E-state index in [1.807, 2.05) is 11.4 Å². The molecule has 0 aliphatic carbocycles. The van der Waals surface area contributed by atoms with Crippen molar-refractivity contribution in [1.82, 2.24) is 9.88 Å². The summed E-state index contributed by atoms with van der Waals surface area (Å²) in [4.78, 5) is 19.5. The van der Waals surface area contributed by atoms with E-state index in [2.05, 4.69) is 9.88 Å². The molecule has 1 aliphatic heterocycles. The number of carbonyl (C=O) groups excluding carboxylic acids is 1. The van der Waals surface area contributed by atoms with Crippen LogP contribution < -0.4 is 5.73 Å². The Morgan fingerprint density at radius 3 is 2.91 bits per heavy atom. The summed E-state index contributed by atoms with van der Waals surface area (Å²) in [5, 5.41) is 9.75. The zero-order valence-electron chi connectivity index (χ0n) is 13.3. The predicted octanol–water partition coefficient (Wildman–Crippen LogP) is 2.87. The van der Waals surface area contributed by atoms with Gasteiger partial charge in [0.25, 0.3) is 0 Å². The number of nitrogen functional groups attached to an aromatic ring is 1. The Morgan fingerprint density at radius 2 is 2.22 bits per heavy atom. The number of ketones is 1. The van der Waals surface area contributed by atoms with Crippen molar-refractivity contribution in [3.05, 3.63) is 44.8 Å². The molecule has 3 rings (SSSR count). The minimum absolute atomic E-state index is 0.157. The largest absolute Gasteiger partial charge is 0.383 e. The van der Waals surface area contributed by atoms with E-state index in [4.69, 9.17) is 11.1 Å². The number of nitrogens with two attached hydrogens (primary N) is 1. The van der Waals surface area contributed by atoms with Crippen molar-refractivity contribution in [2.75, 3.05) is 12.3 Å². The number of rotatable bonds is 4. The number of nitrogens with zero attached hydrogens (tertiary/aromatic N) is 2. The molecule has 0 fully saturated rings. The first-order valence-electron chi connectivity index (χ1n) is 7.58. The molecular formula is C17H20N4OS. The Kier molecular flexibility index (Phi) is 4.28. The lowest BCUT2D eigenvalue weighted by Crippen LogP contribution is -2.29. The summed E-state index contributed by atoms with van der Waals surface area (Å²) in [5.74, 6) is 0.566. The van der Waals surface area contributed by atoms with Gasteiger partial charge in [0.2, 0.25) is 0 Å². The van der Waals surface area contributed by atoms with Crippen LogP contribution in [0.3, 0.4) is 0 Å². The first kappa shape index (κ1) is 15.8. The van der Waals surface area contributed by atoms with Gasteiger partial charge in [-0.2, -0.15) is 0 Å². The second kappa shape index (κ2) is 6.22. The standard InChI is InChI=1S/C17H20N4OS/c1-10(18)14-5-12(6-20-17(14)19)7-21-4-3-13-15(11(2)22)9-23-16(13)8-21/h5-6,9,18H,3-4,7-8H2,1-2H3,(H2,19,20). The molecule has 2 aromatic heterocycles. The Morgan fingerprint density at radius 1 is 1.43 bits per heavy atom. The van der Waals surface area contributed by atoms with Crippen LogP contribution in [0.2, 0.25) is 0 Å². The highest BCUT2D eigenvalue weighted by molar-refractivity contribution is 7.10. The number of nitrogens with one attached hydrogen (secondary N) is 1. The number of hydrogen-bond acceptors (Lipinski definition) is 6. The number of anilines is 1. The molecule has 0 radical (unpaired) electrons. The van der Waals surface area contributed by atoms with Crippen LogP contribution in [0.1, 0.15) is 45.8 Å². The predicted molar refractivity (Wildman–Crippen MR) is 93.3 cm³/mol. The SMILES string of the molecule is CC(=N)c1cc(CN2CCc3c(C(C)=O)csc3C2)cnc1N. The molecule has 0 saturated heterocycles. The van der Waals surface area contributed by atoms with E-state index in [0.29, 0.717) is 17.1 Å². The van der Waals surface area contributed by atoms with E-state index in [1.165, 1.54) is 10.4 Å². The Balaban J connectivity index is 1.76. The third-order valence-corrected chi connectivity index (χ3v) is 5.20. The number of Topliss-reactive ketones (excluding diaryl/α,β-unsaturated/α-hetero) is 1. The molecular weight excluding hydrogens is 308 g/mol. The first-order chi connectivity index (χ1) is 11.0. The lowest BCUT2D eigenvalue weighted by atomic mass is 10.0. The lowest BCUT2D eigenvalue weighted by molar-refractivity contribution is 0.101. The summed E-state index contributed by atoms with van der Waals surface area (Å²) >= 11 is 1.67. The van der Waals surface area contributed by atoms with Crippen LogP contribution >= 0.6 is 11.3 Å². The van der Waals surface area contributed by atoms with Gasteiger partial charge in [-0.25, -0.2) is 4.98 Å². The third kappa shape index (κ3) is 3.18. The maximum Gasteiger partial charge on any atom is 0.160 e. The zero-order valence-corrected chi connectivity index (χ0v) is 14.2. The molecule has 0 atom stereocenters. The average molecular weight is 328 g/mol. The molecule has 3 N–H and O–H groups in total. The maximum atomic E-state index is 11.6. The molecule has 0 bridgehead atoms. The van der Waals surface area contributed by atoms with Gasteiger partial charge < -0.3 is 11.1 Å². The fraction of sp³-hybridized carbons (Fsp3) is 0.353. The first-order valence-corrected chi connectivity index (χ1v) is 8.46. The highest BCUT2D eigenvalue weighted by Gasteiger charge is 2.22. The van der Waals surface area contributed by atoms with Gasteiger partial charge in [-0.15, -0.1) is 11.3 Å². The maximum absolute atomic E-state index is 11.6. The summed E-state index contributed by atoms with van der Waals surface area (Å²) in [6.45, 7) is 5.92. The highest BCUT2D eigenvalue weighted by Crippen LogP contribution is 2.29. The van der Waals surface area contributed by atoms with Crippen LogP contribution in [0, 0.1) is 5.41 Å². The summed E-state index contributed by atoms with van der Waals surface area (Å²) in [7, 11) is 0. The number of fused-ring (bicyclic) bond motifs is 1. The Bertz CT molecular complexity index is 781. The van der Waals surface area contributed by atoms with Crippen LogP contribution in [0.15, 0.2) is 17.6 Å². The zero-order chi connectivity index (χ0) is 16.6. The van der Waals surface area contributed by atoms with Crippen LogP contribution in [-0.2, 0) is 19.5 Å². The van der Waals surface area contributed by atoms with E-state index in [0.717, 1.165) is 37.2 Å². The van der Waals surface area contributed by atoms with E-state index < -0.39 is 0 Å². The highest BCUT2D eigenvalue weighted by atomic mass is 32.1. The summed E-state index contributed by atoms with van der Waals surface area (Å²) in [6.07, 6.45) is 2.69. The number of aromatic nitrogens is 1. The van der Waals surface area contributed by atoms with E-state index in [-0.39, 0.29) is 5.78 Å². The van der Waals surface area contributed by atoms with Crippen molar-refractivity contribution in [2.45, 2.75) is 33.4 Å². The van der Waals surface area contributed by atoms with Crippen molar-refractivity contribution in [1.29, 1.82) is 5.41 Å². The van der Waals surface area contributed by atoms with Crippen molar-refractivity contribution in [3.8, 4) is 0 Å². The lowest BCUT2D eigenvalue weighted by Gasteiger charge is -2.27. The fourth-order valence-electron chi connectivity index (χ4n) is 2.98. The van der Waals surface area contributed by atoms with Crippen LogP contribution in [-0.4, -0.2) is 27.9 Å². The van der Waals surface area contributed by atoms with Gasteiger partial charge in [0.05, 0.1) is 0 Å². The molecule has 23 heavy (non-hydrogen) atoms. The van der Waals surface area contributed by atoms with Gasteiger partial charge in [-0.3, -0.25) is 9.69 Å². The van der Waals surface area contributed by atoms with Crippen molar-refractivity contribution in [3.63, 3.8) is 0 Å².